The van der Waals surface area contributed by atoms with Gasteiger partial charge in [-0.3, -0.25) is 14.5 Å². The Balaban J connectivity index is 1.38. The first-order valence-corrected chi connectivity index (χ1v) is 11.0. The Labute approximate surface area is 186 Å². The molecule has 3 aromatic rings. The van der Waals surface area contributed by atoms with Gasteiger partial charge in [0.15, 0.2) is 0 Å². The fourth-order valence-electron chi connectivity index (χ4n) is 4.77. The molecule has 32 heavy (non-hydrogen) atoms. The average molecular weight is 434 g/mol. The first-order valence-electron chi connectivity index (χ1n) is 11.0. The molecular formula is C24H27N5O3. The van der Waals surface area contributed by atoms with E-state index in [9.17, 15) is 9.59 Å². The molecule has 2 aromatic heterocycles. The maximum atomic E-state index is 12.2. The van der Waals surface area contributed by atoms with Crippen molar-refractivity contribution in [3.63, 3.8) is 0 Å². The fraction of sp³-hybridized carbons (Fsp3) is 0.375. The summed E-state index contributed by atoms with van der Waals surface area (Å²) in [6.45, 7) is 4.90. The van der Waals surface area contributed by atoms with Crippen molar-refractivity contribution < 1.29 is 9.53 Å². The summed E-state index contributed by atoms with van der Waals surface area (Å²) >= 11 is 0. The monoisotopic (exact) mass is 433 g/mol. The molecule has 2 atom stereocenters. The van der Waals surface area contributed by atoms with E-state index in [0.717, 1.165) is 47.2 Å². The highest BCUT2D eigenvalue weighted by Crippen LogP contribution is 2.32. The lowest BCUT2D eigenvalue weighted by Gasteiger charge is -2.37. The van der Waals surface area contributed by atoms with E-state index in [0.29, 0.717) is 18.9 Å². The van der Waals surface area contributed by atoms with E-state index in [2.05, 4.69) is 43.3 Å². The molecule has 2 unspecified atom stereocenters. The number of benzene rings is 1. The van der Waals surface area contributed by atoms with Crippen LogP contribution in [0.2, 0.25) is 0 Å². The van der Waals surface area contributed by atoms with Crippen LogP contribution in [-0.2, 0) is 17.7 Å². The molecule has 4 heterocycles. The number of pyridine rings is 2. The molecule has 2 aliphatic rings. The van der Waals surface area contributed by atoms with Gasteiger partial charge in [0, 0.05) is 31.2 Å². The van der Waals surface area contributed by atoms with Crippen molar-refractivity contribution in [1.29, 1.82) is 0 Å². The van der Waals surface area contributed by atoms with E-state index in [-0.39, 0.29) is 23.7 Å². The highest BCUT2D eigenvalue weighted by Gasteiger charge is 2.43. The average Bonchev–Trinajstić information content (AvgIpc) is 3.02. The molecule has 8 nitrogen and oxygen atoms in total. The van der Waals surface area contributed by atoms with Crippen molar-refractivity contribution in [3.05, 3.63) is 69.8 Å². The first-order chi connectivity index (χ1) is 15.6. The third kappa shape index (κ3) is 3.65. The van der Waals surface area contributed by atoms with Gasteiger partial charge < -0.3 is 19.9 Å². The van der Waals surface area contributed by atoms with Crippen LogP contribution >= 0.6 is 0 Å². The maximum Gasteiger partial charge on any atom is 0.269 e. The lowest BCUT2D eigenvalue weighted by molar-refractivity contribution is 0.0672. The third-order valence-electron chi connectivity index (χ3n) is 6.42. The summed E-state index contributed by atoms with van der Waals surface area (Å²) in [4.78, 5) is 36.2. The van der Waals surface area contributed by atoms with Gasteiger partial charge in [-0.15, -0.1) is 0 Å². The number of hydrogen-bond acceptors (Lipinski definition) is 6. The quantitative estimate of drug-likeness (QED) is 0.639. The summed E-state index contributed by atoms with van der Waals surface area (Å²) in [6.07, 6.45) is 2.59. The molecule has 2 bridgehead atoms. The molecule has 0 radical (unpaired) electrons. The molecule has 2 aliphatic heterocycles. The van der Waals surface area contributed by atoms with Crippen LogP contribution in [0.25, 0.3) is 10.9 Å². The molecule has 0 spiro atoms. The second kappa shape index (κ2) is 8.37. The number of nitrogens with one attached hydrogen (secondary N) is 2. The summed E-state index contributed by atoms with van der Waals surface area (Å²) in [7, 11) is 1.60. The van der Waals surface area contributed by atoms with Gasteiger partial charge >= 0.3 is 0 Å². The first kappa shape index (κ1) is 20.7. The SMILES string of the molecule is CCc1cc2ccc(CN3CC4COCC3N4c3ccc(C(=O)NC)nc3)cc2[nH]c1=O. The molecule has 0 aliphatic carbocycles. The van der Waals surface area contributed by atoms with E-state index in [1.165, 1.54) is 0 Å². The van der Waals surface area contributed by atoms with Crippen LogP contribution in [-0.4, -0.2) is 59.8 Å². The maximum absolute atomic E-state index is 12.2. The second-order valence-electron chi connectivity index (χ2n) is 8.39. The number of aromatic amines is 1. The van der Waals surface area contributed by atoms with Crippen LogP contribution in [0.1, 0.15) is 28.5 Å². The Bertz CT molecular complexity index is 1210. The number of ether oxygens (including phenoxy) is 1. The summed E-state index contributed by atoms with van der Waals surface area (Å²) in [5, 5.41) is 3.65. The van der Waals surface area contributed by atoms with E-state index in [4.69, 9.17) is 4.74 Å². The Hall–Kier alpha value is -3.23. The van der Waals surface area contributed by atoms with E-state index < -0.39 is 0 Å². The topological polar surface area (TPSA) is 90.6 Å². The molecule has 5 rings (SSSR count). The van der Waals surface area contributed by atoms with Gasteiger partial charge in [-0.2, -0.15) is 0 Å². The molecule has 1 amide bonds. The number of anilines is 1. The van der Waals surface area contributed by atoms with Crippen molar-refractivity contribution in [3.8, 4) is 0 Å². The fourth-order valence-corrected chi connectivity index (χ4v) is 4.77. The number of hydrogen-bond donors (Lipinski definition) is 2. The van der Waals surface area contributed by atoms with Crippen molar-refractivity contribution in [2.24, 2.45) is 0 Å². The second-order valence-corrected chi connectivity index (χ2v) is 8.39. The number of aromatic nitrogens is 2. The summed E-state index contributed by atoms with van der Waals surface area (Å²) in [6, 6.07) is 12.2. The van der Waals surface area contributed by atoms with Crippen LogP contribution in [0.15, 0.2) is 47.4 Å². The minimum absolute atomic E-state index is 0.0125. The van der Waals surface area contributed by atoms with Crippen LogP contribution in [0.5, 0.6) is 0 Å². The van der Waals surface area contributed by atoms with E-state index in [1.807, 2.05) is 19.1 Å². The van der Waals surface area contributed by atoms with Gasteiger partial charge in [0.05, 0.1) is 31.1 Å². The van der Waals surface area contributed by atoms with Gasteiger partial charge in [0.1, 0.15) is 11.9 Å². The highest BCUT2D eigenvalue weighted by atomic mass is 16.5. The largest absolute Gasteiger partial charge is 0.376 e. The normalized spacial score (nSPS) is 20.6. The molecule has 8 heteroatoms. The van der Waals surface area contributed by atoms with E-state index >= 15 is 0 Å². The smallest absolute Gasteiger partial charge is 0.269 e. The zero-order valence-corrected chi connectivity index (χ0v) is 18.3. The molecule has 2 fully saturated rings. The molecule has 2 saturated heterocycles. The Morgan fingerprint density at radius 3 is 2.88 bits per heavy atom. The minimum atomic E-state index is -0.191. The van der Waals surface area contributed by atoms with Crippen LogP contribution in [0.4, 0.5) is 5.69 Å². The number of nitrogens with zero attached hydrogens (tertiary/aromatic N) is 3. The molecular weight excluding hydrogens is 406 g/mol. The summed E-state index contributed by atoms with van der Waals surface area (Å²) < 4.78 is 5.85. The highest BCUT2D eigenvalue weighted by molar-refractivity contribution is 5.92. The van der Waals surface area contributed by atoms with Crippen LogP contribution in [0, 0.1) is 0 Å². The predicted octanol–water partition coefficient (Wildman–Crippen LogP) is 1.89. The zero-order chi connectivity index (χ0) is 22.2. The standard InChI is InChI=1S/C24H27N5O3/c1-3-16-9-17-5-4-15(8-21(17)27-23(16)30)11-28-12-19-13-32-14-22(28)29(19)18-6-7-20(26-10-18)24(31)25-2/h4-10,19,22H,3,11-14H2,1-2H3,(H,25,31)(H,27,30). The lowest BCUT2D eigenvalue weighted by Crippen LogP contribution is -2.49. The summed E-state index contributed by atoms with van der Waals surface area (Å²) in [5.41, 5.74) is 4.22. The van der Waals surface area contributed by atoms with Crippen molar-refractivity contribution in [2.75, 3.05) is 31.7 Å². The predicted molar refractivity (Wildman–Crippen MR) is 123 cm³/mol. The summed E-state index contributed by atoms with van der Waals surface area (Å²) in [5.74, 6) is -0.191. The zero-order valence-electron chi connectivity index (χ0n) is 18.3. The molecule has 1 aromatic carbocycles. The van der Waals surface area contributed by atoms with Crippen molar-refractivity contribution in [2.45, 2.75) is 32.1 Å². The minimum Gasteiger partial charge on any atom is -0.376 e. The van der Waals surface area contributed by atoms with Crippen LogP contribution < -0.4 is 15.8 Å². The molecule has 0 saturated carbocycles. The number of morpholine rings is 1. The van der Waals surface area contributed by atoms with Crippen molar-refractivity contribution in [1.82, 2.24) is 20.2 Å². The van der Waals surface area contributed by atoms with Gasteiger partial charge in [-0.1, -0.05) is 19.1 Å². The third-order valence-corrected chi connectivity index (χ3v) is 6.42. The number of rotatable bonds is 5. The number of aryl methyl sites for hydroxylation is 1. The molecule has 2 N–H and O–H groups in total. The molecule has 166 valence electrons. The van der Waals surface area contributed by atoms with Crippen molar-refractivity contribution >= 4 is 22.5 Å². The van der Waals surface area contributed by atoms with Gasteiger partial charge in [0.25, 0.3) is 11.5 Å². The number of H-pyrrole nitrogens is 1. The van der Waals surface area contributed by atoms with E-state index in [1.54, 1.807) is 19.3 Å². The Kier molecular flexibility index (Phi) is 5.40. The number of fused-ring (bicyclic) bond motifs is 3. The van der Waals surface area contributed by atoms with Gasteiger partial charge in [0.2, 0.25) is 0 Å². The van der Waals surface area contributed by atoms with Crippen LogP contribution in [0.3, 0.4) is 0 Å². The number of carbonyl (C=O) groups is 1. The Morgan fingerprint density at radius 1 is 1.25 bits per heavy atom. The number of amides is 1. The number of carbonyl (C=O) groups excluding carboxylic acids is 1. The lowest BCUT2D eigenvalue weighted by atomic mass is 10.1. The Morgan fingerprint density at radius 2 is 2.12 bits per heavy atom. The van der Waals surface area contributed by atoms with Gasteiger partial charge in [-0.05, 0) is 41.6 Å². The van der Waals surface area contributed by atoms with Gasteiger partial charge in [-0.25, -0.2) is 4.98 Å².